The summed E-state index contributed by atoms with van der Waals surface area (Å²) in [5.74, 6) is -0.518. The molecule has 23 heavy (non-hydrogen) atoms. The number of amides is 2. The second-order valence-corrected chi connectivity index (χ2v) is 6.79. The molecule has 0 atom stereocenters. The van der Waals surface area contributed by atoms with Crippen LogP contribution < -0.4 is 10.6 Å². The van der Waals surface area contributed by atoms with Crippen LogP contribution in [0.5, 0.6) is 0 Å². The first-order valence-electron chi connectivity index (χ1n) is 7.81. The number of carbonyl (C=O) groups is 3. The molecule has 0 unspecified atom stereocenters. The first-order chi connectivity index (χ1) is 11.0. The number of hydrogen-bond donors (Lipinski definition) is 2. The lowest BCUT2D eigenvalue weighted by Crippen LogP contribution is -2.40. The Hall–Kier alpha value is -1.89. The van der Waals surface area contributed by atoms with Crippen LogP contribution in [0.25, 0.3) is 0 Å². The standard InChI is InChI=1S/C16H22N2O4S/c1-11-4-6-12(7-5-11)18-14(19)10-22-15(20)9-17-16(21)13-3-2-8-23-13/h2-3,8,11-12H,4-7,9-10H2,1H3,(H,17,21)(H,18,19). The summed E-state index contributed by atoms with van der Waals surface area (Å²) in [6.45, 7) is 1.66. The van der Waals surface area contributed by atoms with Gasteiger partial charge in [0, 0.05) is 6.04 Å². The summed E-state index contributed by atoms with van der Waals surface area (Å²) in [6.07, 6.45) is 4.16. The zero-order valence-electron chi connectivity index (χ0n) is 13.2. The summed E-state index contributed by atoms with van der Waals surface area (Å²) >= 11 is 1.29. The van der Waals surface area contributed by atoms with Gasteiger partial charge in [0.25, 0.3) is 11.8 Å². The van der Waals surface area contributed by atoms with Crippen molar-refractivity contribution in [3.8, 4) is 0 Å². The summed E-state index contributed by atoms with van der Waals surface area (Å²) in [5.41, 5.74) is 0. The fourth-order valence-corrected chi connectivity index (χ4v) is 3.16. The van der Waals surface area contributed by atoms with Crippen LogP contribution in [0.2, 0.25) is 0 Å². The summed E-state index contributed by atoms with van der Waals surface area (Å²) < 4.78 is 4.87. The fraction of sp³-hybridized carbons (Fsp3) is 0.562. The Kier molecular flexibility index (Phi) is 6.58. The van der Waals surface area contributed by atoms with E-state index in [2.05, 4.69) is 17.6 Å². The molecule has 0 radical (unpaired) electrons. The molecule has 0 aromatic carbocycles. The highest BCUT2D eigenvalue weighted by Gasteiger charge is 2.20. The molecule has 0 spiro atoms. The number of rotatable bonds is 6. The molecule has 1 aliphatic rings. The second-order valence-electron chi connectivity index (χ2n) is 5.84. The van der Waals surface area contributed by atoms with E-state index in [9.17, 15) is 14.4 Å². The minimum absolute atomic E-state index is 0.177. The van der Waals surface area contributed by atoms with E-state index < -0.39 is 5.97 Å². The van der Waals surface area contributed by atoms with Gasteiger partial charge in [-0.1, -0.05) is 13.0 Å². The number of carbonyl (C=O) groups excluding carboxylic acids is 3. The molecule has 126 valence electrons. The van der Waals surface area contributed by atoms with Crippen LogP contribution in [0, 0.1) is 5.92 Å². The molecule has 2 N–H and O–H groups in total. The molecule has 7 heteroatoms. The van der Waals surface area contributed by atoms with E-state index in [0.717, 1.165) is 25.7 Å². The third-order valence-electron chi connectivity index (χ3n) is 3.88. The van der Waals surface area contributed by atoms with E-state index in [-0.39, 0.29) is 31.0 Å². The molecular formula is C16H22N2O4S. The van der Waals surface area contributed by atoms with Crippen LogP contribution >= 0.6 is 11.3 Å². The zero-order valence-corrected chi connectivity index (χ0v) is 14.0. The summed E-state index contributed by atoms with van der Waals surface area (Å²) in [7, 11) is 0. The van der Waals surface area contributed by atoms with Crippen LogP contribution in [0.3, 0.4) is 0 Å². The maximum atomic E-state index is 11.7. The SMILES string of the molecule is CC1CCC(NC(=O)COC(=O)CNC(=O)c2cccs2)CC1. The summed E-state index contributed by atoms with van der Waals surface area (Å²) in [6, 6.07) is 3.61. The minimum atomic E-state index is -0.623. The second kappa shape index (κ2) is 8.67. The predicted molar refractivity (Wildman–Crippen MR) is 87.2 cm³/mol. The van der Waals surface area contributed by atoms with Gasteiger partial charge >= 0.3 is 5.97 Å². The largest absolute Gasteiger partial charge is 0.454 e. The van der Waals surface area contributed by atoms with E-state index in [1.165, 1.54) is 11.3 Å². The van der Waals surface area contributed by atoms with Gasteiger partial charge in [-0.25, -0.2) is 0 Å². The lowest BCUT2D eigenvalue weighted by Gasteiger charge is -2.26. The van der Waals surface area contributed by atoms with Crippen molar-refractivity contribution in [1.29, 1.82) is 0 Å². The molecule has 2 rings (SSSR count). The third-order valence-corrected chi connectivity index (χ3v) is 4.75. The van der Waals surface area contributed by atoms with Crippen molar-refractivity contribution in [2.75, 3.05) is 13.2 Å². The molecule has 0 saturated heterocycles. The number of esters is 1. The van der Waals surface area contributed by atoms with Crippen molar-refractivity contribution in [2.24, 2.45) is 5.92 Å². The van der Waals surface area contributed by atoms with Gasteiger partial charge in [-0.15, -0.1) is 11.3 Å². The molecule has 1 aromatic heterocycles. The van der Waals surface area contributed by atoms with Gasteiger partial charge < -0.3 is 15.4 Å². The summed E-state index contributed by atoms with van der Waals surface area (Å²) in [5, 5.41) is 7.12. The Morgan fingerprint density at radius 1 is 1.26 bits per heavy atom. The fourth-order valence-electron chi connectivity index (χ4n) is 2.52. The molecule has 1 aliphatic carbocycles. The number of thiophene rings is 1. The van der Waals surface area contributed by atoms with Gasteiger partial charge in [-0.05, 0) is 43.0 Å². The Balaban J connectivity index is 1.60. The van der Waals surface area contributed by atoms with Crippen LogP contribution in [-0.4, -0.2) is 37.0 Å². The predicted octanol–water partition coefficient (Wildman–Crippen LogP) is 1.72. The number of nitrogens with one attached hydrogen (secondary N) is 2. The average molecular weight is 338 g/mol. The highest BCUT2D eigenvalue weighted by Crippen LogP contribution is 2.23. The van der Waals surface area contributed by atoms with Crippen LogP contribution in [0.15, 0.2) is 17.5 Å². The normalized spacial score (nSPS) is 20.6. The van der Waals surface area contributed by atoms with Gasteiger partial charge in [0.2, 0.25) is 0 Å². The Morgan fingerprint density at radius 3 is 2.65 bits per heavy atom. The lowest BCUT2D eigenvalue weighted by atomic mass is 9.87. The van der Waals surface area contributed by atoms with E-state index in [1.54, 1.807) is 17.5 Å². The van der Waals surface area contributed by atoms with E-state index >= 15 is 0 Å². The molecule has 0 bridgehead atoms. The molecule has 1 aromatic rings. The lowest BCUT2D eigenvalue weighted by molar-refractivity contribution is -0.147. The highest BCUT2D eigenvalue weighted by atomic mass is 32.1. The molecular weight excluding hydrogens is 316 g/mol. The molecule has 1 fully saturated rings. The Labute approximate surface area is 139 Å². The first-order valence-corrected chi connectivity index (χ1v) is 8.69. The molecule has 1 saturated carbocycles. The van der Waals surface area contributed by atoms with Crippen molar-refractivity contribution < 1.29 is 19.1 Å². The Morgan fingerprint density at radius 2 is 2.00 bits per heavy atom. The van der Waals surface area contributed by atoms with E-state index in [4.69, 9.17) is 4.74 Å². The van der Waals surface area contributed by atoms with Crippen molar-refractivity contribution in [3.05, 3.63) is 22.4 Å². The summed E-state index contributed by atoms with van der Waals surface area (Å²) in [4.78, 5) is 35.5. The first kappa shape index (κ1) is 17.5. The average Bonchev–Trinajstić information content (AvgIpc) is 3.07. The minimum Gasteiger partial charge on any atom is -0.454 e. The highest BCUT2D eigenvalue weighted by molar-refractivity contribution is 7.12. The molecule has 6 nitrogen and oxygen atoms in total. The maximum absolute atomic E-state index is 11.7. The van der Waals surface area contributed by atoms with Crippen LogP contribution in [0.1, 0.15) is 42.3 Å². The van der Waals surface area contributed by atoms with Gasteiger partial charge in [0.15, 0.2) is 6.61 Å². The quantitative estimate of drug-likeness (QED) is 0.774. The zero-order chi connectivity index (χ0) is 16.7. The van der Waals surface area contributed by atoms with Crippen LogP contribution in [0.4, 0.5) is 0 Å². The monoisotopic (exact) mass is 338 g/mol. The van der Waals surface area contributed by atoms with Gasteiger partial charge in [0.1, 0.15) is 6.54 Å². The molecule has 1 heterocycles. The third kappa shape index (κ3) is 6.02. The van der Waals surface area contributed by atoms with Crippen molar-refractivity contribution in [2.45, 2.75) is 38.6 Å². The van der Waals surface area contributed by atoms with E-state index in [0.29, 0.717) is 10.8 Å². The van der Waals surface area contributed by atoms with E-state index in [1.807, 2.05) is 0 Å². The molecule has 0 aliphatic heterocycles. The number of hydrogen-bond acceptors (Lipinski definition) is 5. The van der Waals surface area contributed by atoms with Gasteiger partial charge in [-0.3, -0.25) is 14.4 Å². The smallest absolute Gasteiger partial charge is 0.325 e. The maximum Gasteiger partial charge on any atom is 0.325 e. The topological polar surface area (TPSA) is 84.5 Å². The van der Waals surface area contributed by atoms with Crippen molar-refractivity contribution in [1.82, 2.24) is 10.6 Å². The van der Waals surface area contributed by atoms with Gasteiger partial charge in [0.05, 0.1) is 4.88 Å². The number of ether oxygens (including phenoxy) is 1. The van der Waals surface area contributed by atoms with Crippen molar-refractivity contribution in [3.63, 3.8) is 0 Å². The van der Waals surface area contributed by atoms with Crippen LogP contribution in [-0.2, 0) is 14.3 Å². The Bertz CT molecular complexity index is 536. The van der Waals surface area contributed by atoms with Crippen molar-refractivity contribution >= 4 is 29.1 Å². The van der Waals surface area contributed by atoms with Gasteiger partial charge in [-0.2, -0.15) is 0 Å². The molecule has 2 amide bonds.